The van der Waals surface area contributed by atoms with Crippen LogP contribution in [0.2, 0.25) is 0 Å². The van der Waals surface area contributed by atoms with Crippen molar-refractivity contribution in [2.24, 2.45) is 5.10 Å². The molecule has 114 valence electrons. The zero-order valence-electron chi connectivity index (χ0n) is 11.6. The van der Waals surface area contributed by atoms with E-state index in [2.05, 4.69) is 10.5 Å². The number of ether oxygens (including phenoxy) is 1. The van der Waals surface area contributed by atoms with E-state index in [4.69, 9.17) is 4.74 Å². The fraction of sp³-hybridized carbons (Fsp3) is 0.143. The first-order valence-electron chi connectivity index (χ1n) is 6.26. The molecule has 1 atom stereocenters. The van der Waals surface area contributed by atoms with Crippen LogP contribution < -0.4 is 5.43 Å². The van der Waals surface area contributed by atoms with Crippen LogP contribution in [0.1, 0.15) is 16.5 Å². The number of amides is 1. The SMILES string of the molecule is CO[C@H](C(=O)N/N=C\c1ccc([N+](=O)[O-])s1)c1ccccc1. The van der Waals surface area contributed by atoms with Crippen molar-refractivity contribution in [3.8, 4) is 0 Å². The van der Waals surface area contributed by atoms with Gasteiger partial charge in [-0.2, -0.15) is 5.10 Å². The maximum absolute atomic E-state index is 12.0. The topological polar surface area (TPSA) is 93.8 Å². The molecule has 1 heterocycles. The van der Waals surface area contributed by atoms with Gasteiger partial charge < -0.3 is 4.74 Å². The number of thiophene rings is 1. The van der Waals surface area contributed by atoms with Gasteiger partial charge in [0.05, 0.1) is 16.0 Å². The van der Waals surface area contributed by atoms with E-state index in [1.165, 1.54) is 19.4 Å². The zero-order valence-corrected chi connectivity index (χ0v) is 12.4. The second-order valence-corrected chi connectivity index (χ2v) is 5.29. The van der Waals surface area contributed by atoms with Gasteiger partial charge in [-0.05, 0) is 11.6 Å². The van der Waals surface area contributed by atoms with Gasteiger partial charge in [0.25, 0.3) is 5.91 Å². The zero-order chi connectivity index (χ0) is 15.9. The Kier molecular flexibility index (Phi) is 5.34. The summed E-state index contributed by atoms with van der Waals surface area (Å²) in [5.41, 5.74) is 3.07. The van der Waals surface area contributed by atoms with Crippen molar-refractivity contribution in [3.63, 3.8) is 0 Å². The van der Waals surface area contributed by atoms with Crippen molar-refractivity contribution >= 4 is 28.5 Å². The fourth-order valence-electron chi connectivity index (χ4n) is 1.75. The van der Waals surface area contributed by atoms with Gasteiger partial charge in [-0.3, -0.25) is 14.9 Å². The van der Waals surface area contributed by atoms with E-state index in [0.717, 1.165) is 11.3 Å². The summed E-state index contributed by atoms with van der Waals surface area (Å²) in [7, 11) is 1.43. The summed E-state index contributed by atoms with van der Waals surface area (Å²) in [6.45, 7) is 0. The highest BCUT2D eigenvalue weighted by atomic mass is 32.1. The van der Waals surface area contributed by atoms with Gasteiger partial charge >= 0.3 is 5.00 Å². The number of nitro groups is 1. The monoisotopic (exact) mass is 319 g/mol. The number of carbonyl (C=O) groups is 1. The minimum Gasteiger partial charge on any atom is -0.367 e. The lowest BCUT2D eigenvalue weighted by molar-refractivity contribution is -0.380. The lowest BCUT2D eigenvalue weighted by Gasteiger charge is -2.13. The van der Waals surface area contributed by atoms with Crippen LogP contribution in [0.3, 0.4) is 0 Å². The first kappa shape index (κ1) is 15.8. The number of benzene rings is 1. The standard InChI is InChI=1S/C14H13N3O4S/c1-21-13(10-5-3-2-4-6-10)14(18)16-15-9-11-7-8-12(22-11)17(19)20/h2-9,13H,1H3,(H,16,18)/b15-9-/t13-/m0/s1. The maximum atomic E-state index is 12.0. The molecule has 0 spiro atoms. The summed E-state index contributed by atoms with van der Waals surface area (Å²) in [5.74, 6) is -0.420. The van der Waals surface area contributed by atoms with Gasteiger partial charge in [0.15, 0.2) is 6.10 Å². The van der Waals surface area contributed by atoms with Crippen molar-refractivity contribution in [1.82, 2.24) is 5.43 Å². The largest absolute Gasteiger partial charge is 0.367 e. The van der Waals surface area contributed by atoms with E-state index in [9.17, 15) is 14.9 Å². The van der Waals surface area contributed by atoms with Crippen molar-refractivity contribution in [2.75, 3.05) is 7.11 Å². The third-order valence-electron chi connectivity index (χ3n) is 2.74. The molecule has 1 aromatic heterocycles. The molecule has 0 saturated heterocycles. The Balaban J connectivity index is 1.98. The van der Waals surface area contributed by atoms with Crippen LogP contribution in [-0.4, -0.2) is 24.2 Å². The average molecular weight is 319 g/mol. The molecule has 1 N–H and O–H groups in total. The van der Waals surface area contributed by atoms with Crippen LogP contribution in [0.4, 0.5) is 5.00 Å². The molecule has 1 aromatic carbocycles. The van der Waals surface area contributed by atoms with E-state index < -0.39 is 16.9 Å². The van der Waals surface area contributed by atoms with Crippen LogP contribution in [-0.2, 0) is 9.53 Å². The molecule has 0 fully saturated rings. The molecule has 0 unspecified atom stereocenters. The summed E-state index contributed by atoms with van der Waals surface area (Å²) in [6, 6.07) is 12.0. The highest BCUT2D eigenvalue weighted by molar-refractivity contribution is 7.16. The number of nitrogens with zero attached hydrogens (tertiary/aromatic N) is 2. The number of rotatable bonds is 6. The number of hydrazone groups is 1. The first-order valence-corrected chi connectivity index (χ1v) is 7.08. The molecule has 1 amide bonds. The van der Waals surface area contributed by atoms with Crippen LogP contribution in [0.5, 0.6) is 0 Å². The van der Waals surface area contributed by atoms with Crippen molar-refractivity contribution in [2.45, 2.75) is 6.10 Å². The third kappa shape index (κ3) is 3.96. The Bertz CT molecular complexity index is 684. The molecule has 0 radical (unpaired) electrons. The van der Waals surface area contributed by atoms with Gasteiger partial charge in [-0.15, -0.1) is 0 Å². The van der Waals surface area contributed by atoms with E-state index >= 15 is 0 Å². The minimum absolute atomic E-state index is 0.0202. The van der Waals surface area contributed by atoms with E-state index in [-0.39, 0.29) is 5.00 Å². The first-order chi connectivity index (χ1) is 10.6. The lowest BCUT2D eigenvalue weighted by atomic mass is 10.1. The molecule has 7 nitrogen and oxygen atoms in total. The Morgan fingerprint density at radius 3 is 2.68 bits per heavy atom. The molecule has 0 aliphatic rings. The quantitative estimate of drug-likeness (QED) is 0.503. The molecule has 8 heteroatoms. The van der Waals surface area contributed by atoms with Gasteiger partial charge in [-0.25, -0.2) is 5.43 Å². The Labute approximate surface area is 130 Å². The van der Waals surface area contributed by atoms with Crippen LogP contribution in [0.25, 0.3) is 0 Å². The molecule has 0 bridgehead atoms. The van der Waals surface area contributed by atoms with Gasteiger partial charge in [0.2, 0.25) is 0 Å². The molecule has 2 rings (SSSR count). The summed E-state index contributed by atoms with van der Waals surface area (Å²) in [5, 5.41) is 14.4. The minimum atomic E-state index is -0.768. The van der Waals surface area contributed by atoms with E-state index in [0.29, 0.717) is 10.4 Å². The van der Waals surface area contributed by atoms with Crippen molar-refractivity contribution < 1.29 is 14.5 Å². The summed E-state index contributed by atoms with van der Waals surface area (Å²) in [4.78, 5) is 22.7. The fourth-order valence-corrected chi connectivity index (χ4v) is 2.44. The third-order valence-corrected chi connectivity index (χ3v) is 3.71. The Hall–Kier alpha value is -2.58. The second-order valence-electron chi connectivity index (χ2n) is 4.19. The van der Waals surface area contributed by atoms with E-state index in [1.807, 2.05) is 18.2 Å². The Morgan fingerprint density at radius 2 is 2.09 bits per heavy atom. The number of hydrogen-bond acceptors (Lipinski definition) is 6. The molecular formula is C14H13N3O4S. The summed E-state index contributed by atoms with van der Waals surface area (Å²) in [6.07, 6.45) is 0.587. The highest BCUT2D eigenvalue weighted by Crippen LogP contribution is 2.22. The van der Waals surface area contributed by atoms with Crippen LogP contribution in [0.15, 0.2) is 47.6 Å². The molecule has 0 aliphatic carbocycles. The van der Waals surface area contributed by atoms with Gasteiger partial charge in [-0.1, -0.05) is 41.7 Å². The smallest absolute Gasteiger partial charge is 0.324 e. The van der Waals surface area contributed by atoms with E-state index in [1.54, 1.807) is 18.2 Å². The van der Waals surface area contributed by atoms with Gasteiger partial charge in [0.1, 0.15) is 0 Å². The van der Waals surface area contributed by atoms with Crippen molar-refractivity contribution in [3.05, 3.63) is 63.0 Å². The number of methoxy groups -OCH3 is 1. The molecule has 0 saturated carbocycles. The lowest BCUT2D eigenvalue weighted by Crippen LogP contribution is -2.26. The molecular weight excluding hydrogens is 306 g/mol. The highest BCUT2D eigenvalue weighted by Gasteiger charge is 2.19. The number of hydrogen-bond donors (Lipinski definition) is 1. The molecule has 2 aromatic rings. The predicted octanol–water partition coefficient (Wildman–Crippen LogP) is 2.49. The van der Waals surface area contributed by atoms with Crippen molar-refractivity contribution in [1.29, 1.82) is 0 Å². The number of nitrogens with one attached hydrogen (secondary N) is 1. The van der Waals surface area contributed by atoms with Gasteiger partial charge in [0, 0.05) is 13.2 Å². The van der Waals surface area contributed by atoms with Crippen LogP contribution >= 0.6 is 11.3 Å². The molecule has 0 aliphatic heterocycles. The normalized spacial score (nSPS) is 12.2. The second kappa shape index (κ2) is 7.43. The predicted molar refractivity (Wildman–Crippen MR) is 82.9 cm³/mol. The van der Waals surface area contributed by atoms with Crippen LogP contribution in [0, 0.1) is 10.1 Å². The summed E-state index contributed by atoms with van der Waals surface area (Å²) < 4.78 is 5.16. The average Bonchev–Trinajstić information content (AvgIpc) is 2.98. The molecule has 22 heavy (non-hydrogen) atoms. The number of carbonyl (C=O) groups excluding carboxylic acids is 1. The maximum Gasteiger partial charge on any atom is 0.324 e. The Morgan fingerprint density at radius 1 is 1.36 bits per heavy atom. The summed E-state index contributed by atoms with van der Waals surface area (Å²) >= 11 is 0.972.